The van der Waals surface area contributed by atoms with Gasteiger partial charge >= 0.3 is 11.8 Å². The van der Waals surface area contributed by atoms with Gasteiger partial charge in [-0.2, -0.15) is 0 Å². The Labute approximate surface area is 140 Å². The molecule has 0 saturated carbocycles. The minimum atomic E-state index is -0.667. The third kappa shape index (κ3) is 4.84. The number of methoxy groups -OCH3 is 2. The van der Waals surface area contributed by atoms with Gasteiger partial charge in [-0.25, -0.2) is 0 Å². The van der Waals surface area contributed by atoms with Crippen molar-refractivity contribution < 1.29 is 28.5 Å². The van der Waals surface area contributed by atoms with E-state index in [0.29, 0.717) is 37.8 Å². The molecule has 0 aliphatic carbocycles. The van der Waals surface area contributed by atoms with E-state index in [2.05, 4.69) is 5.32 Å². The van der Waals surface area contributed by atoms with E-state index >= 15 is 0 Å². The number of amides is 2. The Hall–Kier alpha value is -2.32. The zero-order valence-electron chi connectivity index (χ0n) is 13.9. The summed E-state index contributed by atoms with van der Waals surface area (Å²) in [6.45, 7) is 1.78. The van der Waals surface area contributed by atoms with Crippen LogP contribution in [-0.4, -0.2) is 64.0 Å². The molecule has 2 rings (SSSR count). The SMILES string of the molecule is COCCN(CCOC)C(=O)C(=O)NCc1ccc2c(c1)OCO2. The molecule has 8 nitrogen and oxygen atoms in total. The van der Waals surface area contributed by atoms with Crippen molar-refractivity contribution in [3.63, 3.8) is 0 Å². The number of hydrogen-bond donors (Lipinski definition) is 1. The topological polar surface area (TPSA) is 86.3 Å². The highest BCUT2D eigenvalue weighted by Gasteiger charge is 2.21. The molecule has 1 aromatic rings. The summed E-state index contributed by atoms with van der Waals surface area (Å²) in [6.07, 6.45) is 0. The van der Waals surface area contributed by atoms with E-state index in [1.807, 2.05) is 6.07 Å². The van der Waals surface area contributed by atoms with E-state index in [1.54, 1.807) is 26.4 Å². The van der Waals surface area contributed by atoms with Crippen LogP contribution in [0.3, 0.4) is 0 Å². The molecule has 132 valence electrons. The highest BCUT2D eigenvalue weighted by atomic mass is 16.7. The summed E-state index contributed by atoms with van der Waals surface area (Å²) < 4.78 is 20.4. The predicted molar refractivity (Wildman–Crippen MR) is 84.7 cm³/mol. The minimum Gasteiger partial charge on any atom is -0.454 e. The molecule has 0 radical (unpaired) electrons. The molecule has 1 aliphatic rings. The summed E-state index contributed by atoms with van der Waals surface area (Å²) in [5.41, 5.74) is 0.820. The molecule has 0 saturated heterocycles. The summed E-state index contributed by atoms with van der Waals surface area (Å²) in [7, 11) is 3.08. The predicted octanol–water partition coefficient (Wildman–Crippen LogP) is 0.153. The molecular weight excluding hydrogens is 316 g/mol. The monoisotopic (exact) mass is 338 g/mol. The highest BCUT2D eigenvalue weighted by molar-refractivity contribution is 6.34. The largest absolute Gasteiger partial charge is 0.454 e. The number of ether oxygens (including phenoxy) is 4. The van der Waals surface area contributed by atoms with Gasteiger partial charge in [0.25, 0.3) is 0 Å². The Kier molecular flexibility index (Phi) is 6.83. The highest BCUT2D eigenvalue weighted by Crippen LogP contribution is 2.32. The van der Waals surface area contributed by atoms with Crippen LogP contribution in [-0.2, 0) is 25.6 Å². The lowest BCUT2D eigenvalue weighted by atomic mass is 10.2. The zero-order valence-corrected chi connectivity index (χ0v) is 13.9. The number of carbonyl (C=O) groups is 2. The maximum atomic E-state index is 12.2. The van der Waals surface area contributed by atoms with Crippen LogP contribution in [0.2, 0.25) is 0 Å². The average Bonchev–Trinajstić information content (AvgIpc) is 3.07. The van der Waals surface area contributed by atoms with Crippen molar-refractivity contribution >= 4 is 11.8 Å². The van der Waals surface area contributed by atoms with Gasteiger partial charge < -0.3 is 29.2 Å². The first-order valence-electron chi connectivity index (χ1n) is 7.59. The molecular formula is C16H22N2O6. The van der Waals surface area contributed by atoms with Crippen molar-refractivity contribution in [3.8, 4) is 11.5 Å². The Bertz CT molecular complexity index is 570. The molecule has 2 amide bonds. The Morgan fingerprint density at radius 1 is 1.12 bits per heavy atom. The number of benzene rings is 1. The number of carbonyl (C=O) groups excluding carboxylic acids is 2. The van der Waals surface area contributed by atoms with Crippen LogP contribution in [0.4, 0.5) is 0 Å². The summed E-state index contributed by atoms with van der Waals surface area (Å²) >= 11 is 0. The Morgan fingerprint density at radius 3 is 2.46 bits per heavy atom. The minimum absolute atomic E-state index is 0.192. The second-order valence-corrected chi connectivity index (χ2v) is 5.15. The van der Waals surface area contributed by atoms with Crippen LogP contribution in [0.15, 0.2) is 18.2 Å². The van der Waals surface area contributed by atoms with Gasteiger partial charge in [0.2, 0.25) is 6.79 Å². The maximum Gasteiger partial charge on any atom is 0.312 e. The van der Waals surface area contributed by atoms with Crippen LogP contribution in [0.1, 0.15) is 5.56 Å². The average molecular weight is 338 g/mol. The van der Waals surface area contributed by atoms with Crippen LogP contribution >= 0.6 is 0 Å². The fraction of sp³-hybridized carbons (Fsp3) is 0.500. The molecule has 1 aromatic carbocycles. The molecule has 24 heavy (non-hydrogen) atoms. The summed E-state index contributed by atoms with van der Waals surface area (Å²) in [5, 5.41) is 2.62. The van der Waals surface area contributed by atoms with Gasteiger partial charge in [0.15, 0.2) is 11.5 Å². The number of nitrogens with one attached hydrogen (secondary N) is 1. The fourth-order valence-electron chi connectivity index (χ4n) is 2.17. The van der Waals surface area contributed by atoms with Crippen LogP contribution < -0.4 is 14.8 Å². The van der Waals surface area contributed by atoms with Crippen LogP contribution in [0.25, 0.3) is 0 Å². The fourth-order valence-corrected chi connectivity index (χ4v) is 2.17. The lowest BCUT2D eigenvalue weighted by Gasteiger charge is -2.21. The number of fused-ring (bicyclic) bond motifs is 1. The van der Waals surface area contributed by atoms with Crippen molar-refractivity contribution in [2.45, 2.75) is 6.54 Å². The Morgan fingerprint density at radius 2 is 1.79 bits per heavy atom. The molecule has 1 aliphatic heterocycles. The van der Waals surface area contributed by atoms with Gasteiger partial charge in [-0.1, -0.05) is 6.07 Å². The lowest BCUT2D eigenvalue weighted by Crippen LogP contribution is -2.45. The summed E-state index contributed by atoms with van der Waals surface area (Å²) in [5.74, 6) is 0.0334. The molecule has 0 spiro atoms. The van der Waals surface area contributed by atoms with Gasteiger partial charge in [0.1, 0.15) is 0 Å². The molecule has 0 aromatic heterocycles. The third-order valence-electron chi connectivity index (χ3n) is 3.50. The van der Waals surface area contributed by atoms with E-state index in [-0.39, 0.29) is 13.3 Å². The van der Waals surface area contributed by atoms with Gasteiger partial charge in [-0.05, 0) is 17.7 Å². The van der Waals surface area contributed by atoms with Crippen molar-refractivity contribution in [1.29, 1.82) is 0 Å². The van der Waals surface area contributed by atoms with Gasteiger partial charge in [0.05, 0.1) is 13.2 Å². The van der Waals surface area contributed by atoms with E-state index in [1.165, 1.54) is 4.90 Å². The van der Waals surface area contributed by atoms with Gasteiger partial charge in [-0.15, -0.1) is 0 Å². The Balaban J connectivity index is 1.88. The first-order valence-corrected chi connectivity index (χ1v) is 7.59. The van der Waals surface area contributed by atoms with Crippen molar-refractivity contribution in [1.82, 2.24) is 10.2 Å². The van der Waals surface area contributed by atoms with Crippen molar-refractivity contribution in [2.75, 3.05) is 47.3 Å². The van der Waals surface area contributed by atoms with E-state index in [9.17, 15) is 9.59 Å². The lowest BCUT2D eigenvalue weighted by molar-refractivity contribution is -0.146. The van der Waals surface area contributed by atoms with E-state index < -0.39 is 11.8 Å². The second-order valence-electron chi connectivity index (χ2n) is 5.15. The van der Waals surface area contributed by atoms with Crippen molar-refractivity contribution in [2.24, 2.45) is 0 Å². The first-order chi connectivity index (χ1) is 11.7. The summed E-state index contributed by atoms with van der Waals surface area (Å²) in [4.78, 5) is 25.7. The third-order valence-corrected chi connectivity index (χ3v) is 3.50. The molecule has 0 atom stereocenters. The number of rotatable bonds is 8. The van der Waals surface area contributed by atoms with Gasteiger partial charge in [-0.3, -0.25) is 9.59 Å². The van der Waals surface area contributed by atoms with Gasteiger partial charge in [0, 0.05) is 33.9 Å². The molecule has 0 unspecified atom stereocenters. The van der Waals surface area contributed by atoms with Crippen LogP contribution in [0, 0.1) is 0 Å². The van der Waals surface area contributed by atoms with Crippen LogP contribution in [0.5, 0.6) is 11.5 Å². The summed E-state index contributed by atoms with van der Waals surface area (Å²) in [6, 6.07) is 5.36. The smallest absolute Gasteiger partial charge is 0.312 e. The van der Waals surface area contributed by atoms with E-state index in [0.717, 1.165) is 5.56 Å². The maximum absolute atomic E-state index is 12.2. The molecule has 1 heterocycles. The quantitative estimate of drug-likeness (QED) is 0.679. The number of nitrogens with zero attached hydrogens (tertiary/aromatic N) is 1. The standard InChI is InChI=1S/C16H22N2O6/c1-21-7-5-18(6-8-22-2)16(20)15(19)17-10-12-3-4-13-14(9-12)24-11-23-13/h3-4,9H,5-8,10-11H2,1-2H3,(H,17,19). The first kappa shape index (κ1) is 18.0. The number of hydrogen-bond acceptors (Lipinski definition) is 6. The molecule has 0 fully saturated rings. The molecule has 1 N–H and O–H groups in total. The normalized spacial score (nSPS) is 12.1. The molecule has 8 heteroatoms. The zero-order chi connectivity index (χ0) is 17.4. The second kappa shape index (κ2) is 9.09. The van der Waals surface area contributed by atoms with E-state index in [4.69, 9.17) is 18.9 Å². The molecule has 0 bridgehead atoms. The van der Waals surface area contributed by atoms with Crippen molar-refractivity contribution in [3.05, 3.63) is 23.8 Å².